The second-order valence-electron chi connectivity index (χ2n) is 3.96. The van der Waals surface area contributed by atoms with Crippen LogP contribution in [0.1, 0.15) is 26.7 Å². The molecule has 0 saturated carbocycles. The van der Waals surface area contributed by atoms with Crippen LogP contribution in [0.4, 0.5) is 11.6 Å². The number of aromatic nitrogens is 2. The molecule has 0 amide bonds. The quantitative estimate of drug-likeness (QED) is 0.652. The first-order valence-electron chi connectivity index (χ1n) is 6.27. The Hall–Kier alpha value is -1.56. The summed E-state index contributed by atoms with van der Waals surface area (Å²) in [5.74, 6) is 1.82. The van der Waals surface area contributed by atoms with Crippen LogP contribution in [0.2, 0.25) is 0 Å². The normalized spacial score (nSPS) is 12.0. The fourth-order valence-corrected chi connectivity index (χ4v) is 1.64. The van der Waals surface area contributed by atoms with Crippen molar-refractivity contribution >= 4 is 11.6 Å². The number of methoxy groups -OCH3 is 1. The molecule has 0 radical (unpaired) electrons. The van der Waals surface area contributed by atoms with Gasteiger partial charge in [0.2, 0.25) is 5.75 Å². The maximum absolute atomic E-state index is 9.68. The third-order valence-corrected chi connectivity index (χ3v) is 2.48. The molecule has 3 N–H and O–H groups in total. The number of rotatable bonds is 8. The number of nitrogens with zero attached hydrogens (tertiary/aromatic N) is 2. The Bertz CT molecular complexity index is 360. The van der Waals surface area contributed by atoms with Crippen molar-refractivity contribution in [3.05, 3.63) is 6.33 Å². The molecule has 1 unspecified atom stereocenters. The summed E-state index contributed by atoms with van der Waals surface area (Å²) in [7, 11) is 1.58. The van der Waals surface area contributed by atoms with Crippen molar-refractivity contribution in [2.24, 2.45) is 0 Å². The molecule has 1 rings (SSSR count). The highest BCUT2D eigenvalue weighted by Crippen LogP contribution is 2.28. The molecular formula is C12H22N4O2. The van der Waals surface area contributed by atoms with Gasteiger partial charge >= 0.3 is 0 Å². The lowest BCUT2D eigenvalue weighted by Gasteiger charge is -2.15. The van der Waals surface area contributed by atoms with Gasteiger partial charge in [-0.3, -0.25) is 0 Å². The maximum Gasteiger partial charge on any atom is 0.204 e. The van der Waals surface area contributed by atoms with Crippen LogP contribution in [0.3, 0.4) is 0 Å². The van der Waals surface area contributed by atoms with Crippen LogP contribution in [0, 0.1) is 0 Å². The second-order valence-corrected chi connectivity index (χ2v) is 3.96. The summed E-state index contributed by atoms with van der Waals surface area (Å²) in [5, 5.41) is 15.9. The molecule has 6 heteroatoms. The molecule has 1 heterocycles. The second kappa shape index (κ2) is 7.71. The van der Waals surface area contributed by atoms with E-state index in [0.717, 1.165) is 19.4 Å². The van der Waals surface area contributed by atoms with E-state index >= 15 is 0 Å². The van der Waals surface area contributed by atoms with Crippen molar-refractivity contribution < 1.29 is 9.84 Å². The van der Waals surface area contributed by atoms with Crippen molar-refractivity contribution in [1.82, 2.24) is 9.97 Å². The standard InChI is InChI=1S/C12H22N4O2/c1-4-6-9(17)7-14-12-10(18-3)11(13-5-2)15-8-16-12/h8-9,17H,4-7H2,1-3H3,(H2,13,14,15,16). The van der Waals surface area contributed by atoms with Crippen molar-refractivity contribution in [2.45, 2.75) is 32.8 Å². The number of hydrogen-bond donors (Lipinski definition) is 3. The van der Waals surface area contributed by atoms with E-state index in [1.165, 1.54) is 6.33 Å². The summed E-state index contributed by atoms with van der Waals surface area (Å²) in [5.41, 5.74) is 0. The van der Waals surface area contributed by atoms with Crippen LogP contribution in [0.25, 0.3) is 0 Å². The van der Waals surface area contributed by atoms with Gasteiger partial charge in [0.15, 0.2) is 11.6 Å². The van der Waals surface area contributed by atoms with Crippen molar-refractivity contribution in [2.75, 3.05) is 30.8 Å². The summed E-state index contributed by atoms with van der Waals surface area (Å²) in [6.45, 7) is 5.23. The lowest BCUT2D eigenvalue weighted by molar-refractivity contribution is 0.176. The van der Waals surface area contributed by atoms with Crippen molar-refractivity contribution in [3.8, 4) is 5.75 Å². The smallest absolute Gasteiger partial charge is 0.204 e. The van der Waals surface area contributed by atoms with Crippen LogP contribution >= 0.6 is 0 Å². The van der Waals surface area contributed by atoms with E-state index in [0.29, 0.717) is 23.9 Å². The van der Waals surface area contributed by atoms with Gasteiger partial charge in [-0.05, 0) is 13.3 Å². The fraction of sp³-hybridized carbons (Fsp3) is 0.667. The summed E-state index contributed by atoms with van der Waals surface area (Å²) >= 11 is 0. The predicted molar refractivity (Wildman–Crippen MR) is 72.2 cm³/mol. The van der Waals surface area contributed by atoms with E-state index in [4.69, 9.17) is 4.74 Å². The highest BCUT2D eigenvalue weighted by molar-refractivity contribution is 5.63. The molecule has 0 saturated heterocycles. The van der Waals surface area contributed by atoms with Crippen LogP contribution < -0.4 is 15.4 Å². The predicted octanol–water partition coefficient (Wildman–Crippen LogP) is 1.49. The Balaban J connectivity index is 2.72. The van der Waals surface area contributed by atoms with E-state index in [1.807, 2.05) is 13.8 Å². The van der Waals surface area contributed by atoms with E-state index in [9.17, 15) is 5.11 Å². The van der Waals surface area contributed by atoms with E-state index in [1.54, 1.807) is 7.11 Å². The maximum atomic E-state index is 9.68. The first kappa shape index (κ1) is 14.5. The summed E-state index contributed by atoms with van der Waals surface area (Å²) < 4.78 is 5.29. The molecule has 18 heavy (non-hydrogen) atoms. The Labute approximate surface area is 108 Å². The molecule has 0 spiro atoms. The van der Waals surface area contributed by atoms with Crippen molar-refractivity contribution in [1.29, 1.82) is 0 Å². The average Bonchev–Trinajstić information content (AvgIpc) is 2.37. The number of aliphatic hydroxyl groups excluding tert-OH is 1. The molecule has 0 bridgehead atoms. The van der Waals surface area contributed by atoms with Gasteiger partial charge < -0.3 is 20.5 Å². The lowest BCUT2D eigenvalue weighted by Crippen LogP contribution is -2.20. The molecule has 0 aliphatic carbocycles. The minimum Gasteiger partial charge on any atom is -0.490 e. The first-order chi connectivity index (χ1) is 8.72. The highest BCUT2D eigenvalue weighted by Gasteiger charge is 2.12. The number of anilines is 2. The Kier molecular flexibility index (Phi) is 6.21. The number of hydrogen-bond acceptors (Lipinski definition) is 6. The average molecular weight is 254 g/mol. The zero-order chi connectivity index (χ0) is 13.4. The highest BCUT2D eigenvalue weighted by atomic mass is 16.5. The molecule has 1 atom stereocenters. The minimum atomic E-state index is -0.378. The van der Waals surface area contributed by atoms with Crippen LogP contribution in [0.15, 0.2) is 6.33 Å². The topological polar surface area (TPSA) is 79.3 Å². The minimum absolute atomic E-state index is 0.378. The van der Waals surface area contributed by atoms with Crippen molar-refractivity contribution in [3.63, 3.8) is 0 Å². The molecule has 0 fully saturated rings. The summed E-state index contributed by atoms with van der Waals surface area (Å²) in [6.07, 6.45) is 2.80. The van der Waals surface area contributed by atoms with Gasteiger partial charge in [-0.15, -0.1) is 0 Å². The van der Waals surface area contributed by atoms with Gasteiger partial charge in [0, 0.05) is 13.1 Å². The number of nitrogens with one attached hydrogen (secondary N) is 2. The Morgan fingerprint density at radius 1 is 1.28 bits per heavy atom. The van der Waals surface area contributed by atoms with Gasteiger partial charge in [0.05, 0.1) is 13.2 Å². The number of aliphatic hydroxyl groups is 1. The third-order valence-electron chi connectivity index (χ3n) is 2.48. The molecule has 102 valence electrons. The Morgan fingerprint density at radius 2 is 1.94 bits per heavy atom. The SMILES string of the molecule is CCCC(O)CNc1ncnc(NCC)c1OC. The largest absolute Gasteiger partial charge is 0.490 e. The Morgan fingerprint density at radius 3 is 2.50 bits per heavy atom. The molecular weight excluding hydrogens is 232 g/mol. The van der Waals surface area contributed by atoms with E-state index < -0.39 is 0 Å². The zero-order valence-electron chi connectivity index (χ0n) is 11.2. The molecule has 6 nitrogen and oxygen atoms in total. The van der Waals surface area contributed by atoms with Crippen LogP contribution in [-0.2, 0) is 0 Å². The first-order valence-corrected chi connectivity index (χ1v) is 6.27. The molecule has 0 aliphatic heterocycles. The molecule has 0 aliphatic rings. The van der Waals surface area contributed by atoms with E-state index in [-0.39, 0.29) is 6.10 Å². The van der Waals surface area contributed by atoms with Gasteiger partial charge in [0.1, 0.15) is 6.33 Å². The third kappa shape index (κ3) is 4.03. The van der Waals surface area contributed by atoms with Gasteiger partial charge in [-0.2, -0.15) is 0 Å². The van der Waals surface area contributed by atoms with Gasteiger partial charge in [-0.1, -0.05) is 13.3 Å². The fourth-order valence-electron chi connectivity index (χ4n) is 1.64. The lowest BCUT2D eigenvalue weighted by atomic mass is 10.2. The zero-order valence-corrected chi connectivity index (χ0v) is 11.2. The summed E-state index contributed by atoms with van der Waals surface area (Å²) in [4.78, 5) is 8.24. The number of ether oxygens (including phenoxy) is 1. The monoisotopic (exact) mass is 254 g/mol. The molecule has 1 aromatic rings. The van der Waals surface area contributed by atoms with Gasteiger partial charge in [-0.25, -0.2) is 9.97 Å². The molecule has 1 aromatic heterocycles. The van der Waals surface area contributed by atoms with Crippen LogP contribution in [0.5, 0.6) is 5.75 Å². The summed E-state index contributed by atoms with van der Waals surface area (Å²) in [6, 6.07) is 0. The van der Waals surface area contributed by atoms with E-state index in [2.05, 4.69) is 20.6 Å². The van der Waals surface area contributed by atoms with Gasteiger partial charge in [0.25, 0.3) is 0 Å². The van der Waals surface area contributed by atoms with Crippen LogP contribution in [-0.4, -0.2) is 41.4 Å². The molecule has 0 aromatic carbocycles.